The lowest BCUT2D eigenvalue weighted by Crippen LogP contribution is -2.44. The highest BCUT2D eigenvalue weighted by molar-refractivity contribution is 4.83. The van der Waals surface area contributed by atoms with E-state index in [4.69, 9.17) is 0 Å². The fourth-order valence-corrected chi connectivity index (χ4v) is 2.15. The first-order valence-corrected chi connectivity index (χ1v) is 5.29. The molecule has 0 atom stereocenters. The Balaban J connectivity index is 1.67. The minimum Gasteiger partial charge on any atom is -0.393 e. The Morgan fingerprint density at radius 3 is 1.92 bits per heavy atom. The summed E-state index contributed by atoms with van der Waals surface area (Å²) in [5.41, 5.74) is 0. The molecule has 2 aliphatic rings. The summed E-state index contributed by atoms with van der Waals surface area (Å²) in [7, 11) is 0. The summed E-state index contributed by atoms with van der Waals surface area (Å²) in [6.07, 6.45) is 8.51. The zero-order chi connectivity index (χ0) is 8.39. The molecule has 0 aliphatic heterocycles. The van der Waals surface area contributed by atoms with Gasteiger partial charge >= 0.3 is 0 Å². The smallest absolute Gasteiger partial charge is 0.0541 e. The molecule has 2 heteroatoms. The van der Waals surface area contributed by atoms with E-state index in [1.807, 2.05) is 0 Å². The van der Waals surface area contributed by atoms with Crippen LogP contribution in [0.1, 0.15) is 44.9 Å². The van der Waals surface area contributed by atoms with Crippen molar-refractivity contribution in [3.05, 3.63) is 0 Å². The highest BCUT2D eigenvalue weighted by atomic mass is 16.3. The molecule has 0 saturated heterocycles. The quantitative estimate of drug-likeness (QED) is 0.655. The first-order valence-electron chi connectivity index (χ1n) is 5.29. The van der Waals surface area contributed by atoms with E-state index >= 15 is 0 Å². The topological polar surface area (TPSA) is 32.3 Å². The molecule has 12 heavy (non-hydrogen) atoms. The van der Waals surface area contributed by atoms with Crippen LogP contribution in [0.15, 0.2) is 0 Å². The molecule has 70 valence electrons. The van der Waals surface area contributed by atoms with Gasteiger partial charge in [0.1, 0.15) is 0 Å². The van der Waals surface area contributed by atoms with E-state index in [9.17, 15) is 5.11 Å². The molecule has 0 aromatic heterocycles. The van der Waals surface area contributed by atoms with Gasteiger partial charge in [0.15, 0.2) is 0 Å². The van der Waals surface area contributed by atoms with Crippen molar-refractivity contribution < 1.29 is 5.11 Å². The number of aliphatic hydroxyl groups excluding tert-OH is 1. The van der Waals surface area contributed by atoms with Gasteiger partial charge in [-0.1, -0.05) is 6.42 Å². The van der Waals surface area contributed by atoms with Gasteiger partial charge in [0.25, 0.3) is 0 Å². The first kappa shape index (κ1) is 8.52. The fourth-order valence-electron chi connectivity index (χ4n) is 2.15. The second kappa shape index (κ2) is 3.75. The lowest BCUT2D eigenvalue weighted by molar-refractivity contribution is 0.110. The molecule has 0 bridgehead atoms. The standard InChI is InChI=1S/C10H19NO/c12-10-6-4-9(5-7-10)11-8-2-1-3-8/h8-12H,1-7H2. The average molecular weight is 169 g/mol. The van der Waals surface area contributed by atoms with Crippen molar-refractivity contribution in [3.8, 4) is 0 Å². The van der Waals surface area contributed by atoms with Crippen LogP contribution in [0.25, 0.3) is 0 Å². The lowest BCUT2D eigenvalue weighted by Gasteiger charge is -2.34. The Morgan fingerprint density at radius 1 is 0.833 bits per heavy atom. The Hall–Kier alpha value is -0.0800. The van der Waals surface area contributed by atoms with E-state index in [2.05, 4.69) is 5.32 Å². The van der Waals surface area contributed by atoms with E-state index < -0.39 is 0 Å². The molecule has 2 fully saturated rings. The molecule has 0 aromatic rings. The van der Waals surface area contributed by atoms with Gasteiger partial charge in [0.05, 0.1) is 6.10 Å². The SMILES string of the molecule is OC1CCC(NC2CCC2)CC1. The van der Waals surface area contributed by atoms with Crippen molar-refractivity contribution in [1.82, 2.24) is 5.32 Å². The van der Waals surface area contributed by atoms with Crippen LogP contribution in [0.2, 0.25) is 0 Å². The predicted octanol–water partition coefficient (Wildman–Crippen LogP) is 1.43. The Labute approximate surface area is 74.4 Å². The van der Waals surface area contributed by atoms with Gasteiger partial charge in [-0.2, -0.15) is 0 Å². The molecule has 0 heterocycles. The van der Waals surface area contributed by atoms with Gasteiger partial charge in [-0.3, -0.25) is 0 Å². The molecular formula is C10H19NO. The van der Waals surface area contributed by atoms with Crippen LogP contribution in [0.3, 0.4) is 0 Å². The molecule has 2 nitrogen and oxygen atoms in total. The van der Waals surface area contributed by atoms with Gasteiger partial charge in [-0.05, 0) is 38.5 Å². The molecule has 2 aliphatic carbocycles. The molecule has 0 aromatic carbocycles. The molecule has 0 radical (unpaired) electrons. The monoisotopic (exact) mass is 169 g/mol. The van der Waals surface area contributed by atoms with Crippen LogP contribution < -0.4 is 5.32 Å². The summed E-state index contributed by atoms with van der Waals surface area (Å²) in [6.45, 7) is 0. The number of hydrogen-bond acceptors (Lipinski definition) is 2. The first-order chi connectivity index (χ1) is 5.84. The summed E-state index contributed by atoms with van der Waals surface area (Å²) >= 11 is 0. The van der Waals surface area contributed by atoms with E-state index in [0.717, 1.165) is 18.9 Å². The van der Waals surface area contributed by atoms with E-state index in [0.29, 0.717) is 6.04 Å². The van der Waals surface area contributed by atoms with Crippen LogP contribution >= 0.6 is 0 Å². The maximum Gasteiger partial charge on any atom is 0.0541 e. The molecule has 0 amide bonds. The van der Waals surface area contributed by atoms with Gasteiger partial charge in [0.2, 0.25) is 0 Å². The number of nitrogens with one attached hydrogen (secondary N) is 1. The average Bonchev–Trinajstić information content (AvgIpc) is 2.00. The van der Waals surface area contributed by atoms with E-state index in [1.165, 1.54) is 32.1 Å². The highest BCUT2D eigenvalue weighted by Crippen LogP contribution is 2.23. The number of rotatable bonds is 2. The lowest BCUT2D eigenvalue weighted by atomic mass is 9.88. The molecule has 2 rings (SSSR count). The summed E-state index contributed by atoms with van der Waals surface area (Å²) in [6, 6.07) is 1.52. The van der Waals surface area contributed by atoms with Gasteiger partial charge < -0.3 is 10.4 Å². The number of aliphatic hydroxyl groups is 1. The molecule has 2 N–H and O–H groups in total. The third kappa shape index (κ3) is 1.99. The summed E-state index contributed by atoms with van der Waals surface area (Å²) in [5, 5.41) is 13.0. The van der Waals surface area contributed by atoms with Crippen molar-refractivity contribution in [2.45, 2.75) is 63.1 Å². The Morgan fingerprint density at radius 2 is 1.42 bits per heavy atom. The van der Waals surface area contributed by atoms with Crippen molar-refractivity contribution >= 4 is 0 Å². The van der Waals surface area contributed by atoms with Crippen LogP contribution in [0.4, 0.5) is 0 Å². The van der Waals surface area contributed by atoms with Gasteiger partial charge in [-0.25, -0.2) is 0 Å². The zero-order valence-corrected chi connectivity index (χ0v) is 7.63. The minimum atomic E-state index is -0.00978. The van der Waals surface area contributed by atoms with Crippen molar-refractivity contribution in [3.63, 3.8) is 0 Å². The van der Waals surface area contributed by atoms with Crippen molar-refractivity contribution in [2.75, 3.05) is 0 Å². The highest BCUT2D eigenvalue weighted by Gasteiger charge is 2.24. The van der Waals surface area contributed by atoms with Crippen LogP contribution in [0, 0.1) is 0 Å². The fraction of sp³-hybridized carbons (Fsp3) is 1.00. The van der Waals surface area contributed by atoms with Crippen molar-refractivity contribution in [1.29, 1.82) is 0 Å². The van der Waals surface area contributed by atoms with E-state index in [-0.39, 0.29) is 6.10 Å². The summed E-state index contributed by atoms with van der Waals surface area (Å²) in [5.74, 6) is 0. The minimum absolute atomic E-state index is 0.00978. The predicted molar refractivity (Wildman–Crippen MR) is 49.0 cm³/mol. The summed E-state index contributed by atoms with van der Waals surface area (Å²) in [4.78, 5) is 0. The zero-order valence-electron chi connectivity index (χ0n) is 7.63. The summed E-state index contributed by atoms with van der Waals surface area (Å²) < 4.78 is 0. The van der Waals surface area contributed by atoms with Crippen LogP contribution in [-0.2, 0) is 0 Å². The maximum absolute atomic E-state index is 9.30. The second-order valence-corrected chi connectivity index (χ2v) is 4.30. The Kier molecular flexibility index (Phi) is 2.66. The molecule has 2 saturated carbocycles. The van der Waals surface area contributed by atoms with Gasteiger partial charge in [0, 0.05) is 12.1 Å². The van der Waals surface area contributed by atoms with E-state index in [1.54, 1.807) is 0 Å². The third-order valence-electron chi connectivity index (χ3n) is 3.27. The van der Waals surface area contributed by atoms with Gasteiger partial charge in [-0.15, -0.1) is 0 Å². The molecular weight excluding hydrogens is 150 g/mol. The van der Waals surface area contributed by atoms with Crippen LogP contribution in [-0.4, -0.2) is 23.3 Å². The number of hydrogen-bond donors (Lipinski definition) is 2. The molecule has 0 unspecified atom stereocenters. The van der Waals surface area contributed by atoms with Crippen LogP contribution in [0.5, 0.6) is 0 Å². The largest absolute Gasteiger partial charge is 0.393 e. The molecule has 0 spiro atoms. The third-order valence-corrected chi connectivity index (χ3v) is 3.27. The second-order valence-electron chi connectivity index (χ2n) is 4.30. The van der Waals surface area contributed by atoms with Crippen molar-refractivity contribution in [2.24, 2.45) is 0 Å². The Bertz CT molecular complexity index is 137. The maximum atomic E-state index is 9.30. The normalized spacial score (nSPS) is 37.8.